The average molecular weight is 423 g/mol. The Bertz CT molecular complexity index is 1030. The maximum absolute atomic E-state index is 13.3. The summed E-state index contributed by atoms with van der Waals surface area (Å²) in [7, 11) is 3.30. The minimum Gasteiger partial charge on any atom is -0.497 e. The lowest BCUT2D eigenvalue weighted by atomic mass is 9.87. The Morgan fingerprint density at radius 1 is 1.06 bits per heavy atom. The molecule has 1 aliphatic heterocycles. The van der Waals surface area contributed by atoms with Gasteiger partial charge < -0.3 is 23.7 Å². The molecule has 2 heterocycles. The summed E-state index contributed by atoms with van der Waals surface area (Å²) in [5.74, 6) is 1.47. The summed E-state index contributed by atoms with van der Waals surface area (Å²) >= 11 is 0. The SMILES string of the molecule is CCn1cc([C@H](CC(=O)N2CCOCC2)c2cc(OC)cc(OC)c2)c2ccccc21. The van der Waals surface area contributed by atoms with Crippen LogP contribution in [-0.2, 0) is 16.1 Å². The van der Waals surface area contributed by atoms with Gasteiger partial charge in [-0.15, -0.1) is 0 Å². The van der Waals surface area contributed by atoms with Crippen LogP contribution in [0.2, 0.25) is 0 Å². The maximum Gasteiger partial charge on any atom is 0.223 e. The molecule has 0 spiro atoms. The number of benzene rings is 2. The van der Waals surface area contributed by atoms with Gasteiger partial charge in [-0.1, -0.05) is 18.2 Å². The van der Waals surface area contributed by atoms with Crippen LogP contribution < -0.4 is 9.47 Å². The Morgan fingerprint density at radius 3 is 2.39 bits per heavy atom. The van der Waals surface area contributed by atoms with E-state index in [1.54, 1.807) is 14.2 Å². The van der Waals surface area contributed by atoms with Crippen molar-refractivity contribution in [2.75, 3.05) is 40.5 Å². The summed E-state index contributed by atoms with van der Waals surface area (Å²) in [5.41, 5.74) is 3.34. The smallest absolute Gasteiger partial charge is 0.223 e. The number of hydrogen-bond donors (Lipinski definition) is 0. The summed E-state index contributed by atoms with van der Waals surface area (Å²) in [6, 6.07) is 14.3. The zero-order valence-corrected chi connectivity index (χ0v) is 18.5. The fraction of sp³-hybridized carbons (Fsp3) is 0.400. The van der Waals surface area contributed by atoms with Gasteiger partial charge in [0.1, 0.15) is 11.5 Å². The van der Waals surface area contributed by atoms with E-state index >= 15 is 0 Å². The van der Waals surface area contributed by atoms with Gasteiger partial charge in [0.05, 0.1) is 27.4 Å². The topological polar surface area (TPSA) is 52.9 Å². The number of aromatic nitrogens is 1. The Kier molecular flexibility index (Phi) is 6.47. The number of fused-ring (bicyclic) bond motifs is 1. The van der Waals surface area contributed by atoms with E-state index in [2.05, 4.69) is 42.0 Å². The van der Waals surface area contributed by atoms with Crippen molar-refractivity contribution in [3.8, 4) is 11.5 Å². The molecule has 0 unspecified atom stereocenters. The van der Waals surface area contributed by atoms with Gasteiger partial charge in [0.2, 0.25) is 5.91 Å². The van der Waals surface area contributed by atoms with Gasteiger partial charge in [-0.2, -0.15) is 0 Å². The number of rotatable bonds is 7. The molecule has 1 fully saturated rings. The molecule has 3 aromatic rings. The van der Waals surface area contributed by atoms with E-state index in [1.165, 1.54) is 10.9 Å². The molecule has 0 bridgehead atoms. The third kappa shape index (κ3) is 4.39. The molecule has 31 heavy (non-hydrogen) atoms. The number of carbonyl (C=O) groups is 1. The largest absolute Gasteiger partial charge is 0.497 e. The number of amides is 1. The predicted molar refractivity (Wildman–Crippen MR) is 121 cm³/mol. The highest BCUT2D eigenvalue weighted by molar-refractivity contribution is 5.87. The highest BCUT2D eigenvalue weighted by Crippen LogP contribution is 2.38. The molecule has 1 saturated heterocycles. The van der Waals surface area contributed by atoms with Gasteiger partial charge >= 0.3 is 0 Å². The average Bonchev–Trinajstić information content (AvgIpc) is 3.21. The molecule has 1 aliphatic rings. The minimum atomic E-state index is -0.114. The Morgan fingerprint density at radius 2 is 1.74 bits per heavy atom. The lowest BCUT2D eigenvalue weighted by Gasteiger charge is -2.29. The van der Waals surface area contributed by atoms with E-state index in [0.717, 1.165) is 29.2 Å². The zero-order chi connectivity index (χ0) is 21.8. The van der Waals surface area contributed by atoms with E-state index in [4.69, 9.17) is 14.2 Å². The van der Waals surface area contributed by atoms with E-state index in [0.29, 0.717) is 32.7 Å². The zero-order valence-electron chi connectivity index (χ0n) is 18.5. The predicted octanol–water partition coefficient (Wildman–Crippen LogP) is 4.06. The number of ether oxygens (including phenoxy) is 3. The minimum absolute atomic E-state index is 0.114. The molecule has 164 valence electrons. The van der Waals surface area contributed by atoms with Crippen molar-refractivity contribution in [3.05, 3.63) is 59.8 Å². The number of carbonyl (C=O) groups excluding carboxylic acids is 1. The van der Waals surface area contributed by atoms with Crippen molar-refractivity contribution >= 4 is 16.8 Å². The molecule has 0 N–H and O–H groups in total. The van der Waals surface area contributed by atoms with Gasteiger partial charge in [-0.3, -0.25) is 4.79 Å². The molecule has 1 aromatic heterocycles. The third-order valence-electron chi connectivity index (χ3n) is 6.05. The number of aryl methyl sites for hydroxylation is 1. The second-order valence-electron chi connectivity index (χ2n) is 7.78. The molecular weight excluding hydrogens is 392 g/mol. The van der Waals surface area contributed by atoms with Crippen LogP contribution in [0.5, 0.6) is 11.5 Å². The lowest BCUT2D eigenvalue weighted by molar-refractivity contribution is -0.135. The van der Waals surface area contributed by atoms with Gasteiger partial charge in [0, 0.05) is 55.1 Å². The molecule has 0 aliphatic carbocycles. The first kappa shape index (κ1) is 21.2. The lowest BCUT2D eigenvalue weighted by Crippen LogP contribution is -2.41. The summed E-state index contributed by atoms with van der Waals surface area (Å²) in [6.45, 7) is 5.48. The molecule has 0 saturated carbocycles. The standard InChI is InChI=1S/C25H30N2O4/c1-4-26-17-23(21-7-5-6-8-24(21)26)22(16-25(28)27-9-11-31-12-10-27)18-13-19(29-2)15-20(14-18)30-3/h5-8,13-15,17,22H,4,9-12,16H2,1-3H3/t22-/m1/s1. The molecule has 1 amide bonds. The first-order valence-corrected chi connectivity index (χ1v) is 10.8. The fourth-order valence-electron chi connectivity index (χ4n) is 4.37. The molecule has 4 rings (SSSR count). The van der Waals surface area contributed by atoms with Gasteiger partial charge in [0.25, 0.3) is 0 Å². The van der Waals surface area contributed by atoms with Crippen molar-refractivity contribution in [1.82, 2.24) is 9.47 Å². The Labute approximate surface area is 183 Å². The van der Waals surface area contributed by atoms with Gasteiger partial charge in [-0.05, 0) is 36.2 Å². The summed E-state index contributed by atoms with van der Waals surface area (Å²) < 4.78 is 18.7. The number of hydrogen-bond acceptors (Lipinski definition) is 4. The van der Waals surface area contributed by atoms with Crippen molar-refractivity contribution in [2.24, 2.45) is 0 Å². The van der Waals surface area contributed by atoms with Crippen LogP contribution in [0.3, 0.4) is 0 Å². The highest BCUT2D eigenvalue weighted by Gasteiger charge is 2.27. The van der Waals surface area contributed by atoms with Crippen LogP contribution >= 0.6 is 0 Å². The summed E-state index contributed by atoms with van der Waals surface area (Å²) in [6.07, 6.45) is 2.57. The van der Waals surface area contributed by atoms with Crippen LogP contribution in [0.15, 0.2) is 48.7 Å². The second kappa shape index (κ2) is 9.43. The van der Waals surface area contributed by atoms with Crippen molar-refractivity contribution in [3.63, 3.8) is 0 Å². The first-order valence-electron chi connectivity index (χ1n) is 10.8. The molecule has 6 nitrogen and oxygen atoms in total. The summed E-state index contributed by atoms with van der Waals surface area (Å²) in [4.78, 5) is 15.2. The highest BCUT2D eigenvalue weighted by atomic mass is 16.5. The van der Waals surface area contributed by atoms with Gasteiger partial charge in [0.15, 0.2) is 0 Å². The van der Waals surface area contributed by atoms with Crippen LogP contribution in [-0.4, -0.2) is 55.9 Å². The maximum atomic E-state index is 13.3. The number of nitrogens with zero attached hydrogens (tertiary/aromatic N) is 2. The fourth-order valence-corrected chi connectivity index (χ4v) is 4.37. The van der Waals surface area contributed by atoms with Crippen LogP contribution in [0, 0.1) is 0 Å². The van der Waals surface area contributed by atoms with E-state index in [-0.39, 0.29) is 11.8 Å². The Hall–Kier alpha value is -2.99. The number of methoxy groups -OCH3 is 2. The first-order chi connectivity index (χ1) is 15.1. The van der Waals surface area contributed by atoms with Crippen molar-refractivity contribution < 1.29 is 19.0 Å². The van der Waals surface area contributed by atoms with Crippen LogP contribution in [0.1, 0.15) is 30.4 Å². The van der Waals surface area contributed by atoms with E-state index in [9.17, 15) is 4.79 Å². The molecule has 0 radical (unpaired) electrons. The quantitative estimate of drug-likeness (QED) is 0.576. The normalized spacial score (nSPS) is 15.1. The number of para-hydroxylation sites is 1. The second-order valence-corrected chi connectivity index (χ2v) is 7.78. The third-order valence-corrected chi connectivity index (χ3v) is 6.05. The molecular formula is C25H30N2O4. The van der Waals surface area contributed by atoms with Gasteiger partial charge in [-0.25, -0.2) is 0 Å². The molecule has 1 atom stereocenters. The number of morpholine rings is 1. The van der Waals surface area contributed by atoms with Crippen molar-refractivity contribution in [1.29, 1.82) is 0 Å². The van der Waals surface area contributed by atoms with Crippen LogP contribution in [0.4, 0.5) is 0 Å². The summed E-state index contributed by atoms with van der Waals surface area (Å²) in [5, 5.41) is 1.17. The Balaban J connectivity index is 1.81. The molecule has 2 aromatic carbocycles. The van der Waals surface area contributed by atoms with E-state index in [1.807, 2.05) is 23.1 Å². The monoisotopic (exact) mass is 422 g/mol. The van der Waals surface area contributed by atoms with Crippen LogP contribution in [0.25, 0.3) is 10.9 Å². The van der Waals surface area contributed by atoms with Crippen molar-refractivity contribution in [2.45, 2.75) is 25.8 Å². The molecule has 6 heteroatoms. The van der Waals surface area contributed by atoms with E-state index < -0.39 is 0 Å².